The lowest BCUT2D eigenvalue weighted by atomic mass is 9.79. The van der Waals surface area contributed by atoms with E-state index in [1.807, 2.05) is 0 Å². The second-order valence-electron chi connectivity index (χ2n) is 7.99. The molecule has 0 unspecified atom stereocenters. The number of rotatable bonds is 6. The van der Waals surface area contributed by atoms with E-state index < -0.39 is 0 Å². The first-order valence-electron chi connectivity index (χ1n) is 10.1. The summed E-state index contributed by atoms with van der Waals surface area (Å²) in [5.74, 6) is 0. The highest BCUT2D eigenvalue weighted by Crippen LogP contribution is 2.37. The van der Waals surface area contributed by atoms with Crippen LogP contribution in [0.4, 0.5) is 11.4 Å². The van der Waals surface area contributed by atoms with Crippen molar-refractivity contribution >= 4 is 11.4 Å². The van der Waals surface area contributed by atoms with Gasteiger partial charge in [-0.1, -0.05) is 0 Å². The quantitative estimate of drug-likeness (QED) is 0.742. The highest BCUT2D eigenvalue weighted by molar-refractivity contribution is 5.68. The van der Waals surface area contributed by atoms with Gasteiger partial charge >= 0.3 is 0 Å². The second-order valence-corrected chi connectivity index (χ2v) is 7.99. The van der Waals surface area contributed by atoms with E-state index in [4.69, 9.17) is 10.00 Å². The minimum Gasteiger partial charge on any atom is -0.380 e. The maximum atomic E-state index is 11.1. The molecular formula is C21H30N4O2. The van der Waals surface area contributed by atoms with Crippen LogP contribution in [0.15, 0.2) is 23.4 Å². The van der Waals surface area contributed by atoms with E-state index >= 15 is 0 Å². The van der Waals surface area contributed by atoms with Gasteiger partial charge in [-0.3, -0.25) is 4.90 Å². The van der Waals surface area contributed by atoms with Gasteiger partial charge in [-0.05, 0) is 75.7 Å². The number of nitrogens with zero attached hydrogens (tertiary/aromatic N) is 3. The summed E-state index contributed by atoms with van der Waals surface area (Å²) < 4.78 is 5.80. The van der Waals surface area contributed by atoms with Crippen molar-refractivity contribution in [2.75, 3.05) is 25.0 Å². The van der Waals surface area contributed by atoms with Crippen molar-refractivity contribution in [3.05, 3.63) is 28.7 Å². The zero-order chi connectivity index (χ0) is 19.3. The zero-order valence-corrected chi connectivity index (χ0v) is 16.4. The van der Waals surface area contributed by atoms with Crippen LogP contribution in [0.25, 0.3) is 0 Å². The Morgan fingerprint density at radius 1 is 1.30 bits per heavy atom. The molecule has 0 bridgehead atoms. The highest BCUT2D eigenvalue weighted by Gasteiger charge is 2.38. The molecule has 1 saturated heterocycles. The topological polar surface area (TPSA) is 77.7 Å². The molecule has 0 aromatic heterocycles. The van der Waals surface area contributed by atoms with Crippen molar-refractivity contribution in [1.82, 2.24) is 4.90 Å². The first-order chi connectivity index (χ1) is 13.1. The molecule has 3 rings (SSSR count). The number of piperidine rings is 1. The number of nitroso groups, excluding NO2 is 1. The number of hydrogen-bond acceptors (Lipinski definition) is 6. The standard InChI is InChI=1S/C21H30N4O2/c1-3-27-18-6-10-21(2,11-7-18)25-12-8-17(9-13-25)23-20-14-16(15-22)4-5-19(20)24-26/h4-5,14,17-18,23H,3,6-13H2,1-2H3/t18-,21-. The van der Waals surface area contributed by atoms with E-state index in [2.05, 4.69) is 35.3 Å². The maximum absolute atomic E-state index is 11.1. The number of nitriles is 1. The molecule has 1 heterocycles. The number of benzene rings is 1. The van der Waals surface area contributed by atoms with Crippen molar-refractivity contribution in [3.63, 3.8) is 0 Å². The monoisotopic (exact) mass is 370 g/mol. The van der Waals surface area contributed by atoms with Crippen molar-refractivity contribution < 1.29 is 4.74 Å². The molecule has 6 nitrogen and oxygen atoms in total. The van der Waals surface area contributed by atoms with Crippen LogP contribution in [0.3, 0.4) is 0 Å². The third kappa shape index (κ3) is 4.66. The summed E-state index contributed by atoms with van der Waals surface area (Å²) in [6.07, 6.45) is 7.18. The first-order valence-corrected chi connectivity index (χ1v) is 10.1. The fourth-order valence-electron chi connectivity index (χ4n) is 4.52. The number of nitrogens with one attached hydrogen (secondary N) is 1. The maximum Gasteiger partial charge on any atom is 0.131 e. The summed E-state index contributed by atoms with van der Waals surface area (Å²) in [6, 6.07) is 7.39. The van der Waals surface area contributed by atoms with Gasteiger partial charge in [-0.25, -0.2) is 0 Å². The summed E-state index contributed by atoms with van der Waals surface area (Å²) in [7, 11) is 0. The van der Waals surface area contributed by atoms with Crippen LogP contribution in [-0.2, 0) is 4.74 Å². The Bertz CT molecular complexity index is 684. The fraction of sp³-hybridized carbons (Fsp3) is 0.667. The molecule has 1 aromatic carbocycles. The molecule has 1 aromatic rings. The zero-order valence-electron chi connectivity index (χ0n) is 16.4. The van der Waals surface area contributed by atoms with Gasteiger partial charge in [0.2, 0.25) is 0 Å². The molecule has 1 N–H and O–H groups in total. The minimum absolute atomic E-state index is 0.273. The SMILES string of the molecule is CCO[C@H]1CC[C@](C)(N2CCC(Nc3cc(C#N)ccc3N=O)CC2)CC1. The van der Waals surface area contributed by atoms with Gasteiger partial charge in [-0.15, -0.1) is 4.91 Å². The Hall–Kier alpha value is -1.97. The van der Waals surface area contributed by atoms with Crippen LogP contribution in [0, 0.1) is 16.2 Å². The van der Waals surface area contributed by atoms with Gasteiger partial charge in [0.25, 0.3) is 0 Å². The fourth-order valence-corrected chi connectivity index (χ4v) is 4.52. The van der Waals surface area contributed by atoms with Gasteiger partial charge in [0.15, 0.2) is 0 Å². The number of anilines is 1. The molecule has 0 spiro atoms. The lowest BCUT2D eigenvalue weighted by Gasteiger charge is -2.48. The van der Waals surface area contributed by atoms with Crippen molar-refractivity contribution in [3.8, 4) is 6.07 Å². The number of likely N-dealkylation sites (tertiary alicyclic amines) is 1. The van der Waals surface area contributed by atoms with Crippen molar-refractivity contribution in [2.24, 2.45) is 5.18 Å². The molecule has 0 amide bonds. The molecule has 2 aliphatic rings. The highest BCUT2D eigenvalue weighted by atomic mass is 16.5. The Labute approximate surface area is 161 Å². The predicted octanol–water partition coefficient (Wildman–Crippen LogP) is 4.57. The third-order valence-electron chi connectivity index (χ3n) is 6.25. The lowest BCUT2D eigenvalue weighted by Crippen LogP contribution is -2.53. The van der Waals surface area contributed by atoms with Crippen molar-refractivity contribution in [2.45, 2.75) is 70.1 Å². The Morgan fingerprint density at radius 3 is 2.59 bits per heavy atom. The van der Waals surface area contributed by atoms with Crippen LogP contribution in [0.2, 0.25) is 0 Å². The third-order valence-corrected chi connectivity index (χ3v) is 6.25. The van der Waals surface area contributed by atoms with Crippen LogP contribution in [0.1, 0.15) is 57.9 Å². The molecule has 0 radical (unpaired) electrons. The normalized spacial score (nSPS) is 27.1. The molecule has 1 aliphatic heterocycles. The van der Waals surface area contributed by atoms with E-state index in [9.17, 15) is 4.91 Å². The van der Waals surface area contributed by atoms with Crippen molar-refractivity contribution in [1.29, 1.82) is 5.26 Å². The first kappa shape index (κ1) is 19.8. The summed E-state index contributed by atoms with van der Waals surface area (Å²) >= 11 is 0. The largest absolute Gasteiger partial charge is 0.380 e. The Balaban J connectivity index is 1.55. The van der Waals surface area contributed by atoms with Crippen LogP contribution in [0.5, 0.6) is 0 Å². The van der Waals surface area contributed by atoms with Crippen LogP contribution < -0.4 is 5.32 Å². The molecule has 27 heavy (non-hydrogen) atoms. The van der Waals surface area contributed by atoms with Gasteiger partial charge < -0.3 is 10.1 Å². The molecule has 1 saturated carbocycles. The van der Waals surface area contributed by atoms with Gasteiger partial charge in [0, 0.05) is 31.3 Å². The van der Waals surface area contributed by atoms with Gasteiger partial charge in [0.05, 0.1) is 23.4 Å². The van der Waals surface area contributed by atoms with Gasteiger partial charge in [-0.2, -0.15) is 5.26 Å². The van der Waals surface area contributed by atoms with E-state index in [1.165, 1.54) is 12.8 Å². The smallest absolute Gasteiger partial charge is 0.131 e. The molecule has 146 valence electrons. The summed E-state index contributed by atoms with van der Waals surface area (Å²) in [4.78, 5) is 13.7. The van der Waals surface area contributed by atoms with E-state index in [0.29, 0.717) is 29.1 Å². The Morgan fingerprint density at radius 2 is 2.00 bits per heavy atom. The minimum atomic E-state index is 0.273. The average Bonchev–Trinajstić information content (AvgIpc) is 2.70. The van der Waals surface area contributed by atoms with E-state index in [-0.39, 0.29) is 5.54 Å². The summed E-state index contributed by atoms with van der Waals surface area (Å²) in [6.45, 7) is 7.38. The number of hydrogen-bond donors (Lipinski definition) is 1. The lowest BCUT2D eigenvalue weighted by molar-refractivity contribution is -0.0242. The summed E-state index contributed by atoms with van der Waals surface area (Å²) in [5, 5.41) is 15.6. The number of ether oxygens (including phenoxy) is 1. The van der Waals surface area contributed by atoms with Crippen LogP contribution in [-0.4, -0.2) is 42.3 Å². The molecule has 1 aliphatic carbocycles. The summed E-state index contributed by atoms with van der Waals surface area (Å²) in [5.41, 5.74) is 1.86. The molecule has 6 heteroatoms. The molecule has 2 fully saturated rings. The second kappa shape index (κ2) is 8.81. The van der Waals surface area contributed by atoms with Gasteiger partial charge in [0.1, 0.15) is 5.69 Å². The predicted molar refractivity (Wildman–Crippen MR) is 107 cm³/mol. The average molecular weight is 370 g/mol. The molecular weight excluding hydrogens is 340 g/mol. The van der Waals surface area contributed by atoms with Crippen LogP contribution >= 0.6 is 0 Å². The van der Waals surface area contributed by atoms with E-state index in [1.54, 1.807) is 18.2 Å². The molecule has 0 atom stereocenters. The Kier molecular flexibility index (Phi) is 6.46. The van der Waals surface area contributed by atoms with E-state index in [0.717, 1.165) is 45.4 Å².